The number of imidazole rings is 1. The molecule has 3 nitrogen and oxygen atoms in total. The molecule has 0 unspecified atom stereocenters. The first-order chi connectivity index (χ1) is 11.7. The van der Waals surface area contributed by atoms with Gasteiger partial charge in [-0.25, -0.2) is 4.98 Å². The molecule has 2 N–H and O–H groups in total. The van der Waals surface area contributed by atoms with Crippen molar-refractivity contribution in [2.45, 2.75) is 13.5 Å². The number of anilines is 1. The summed E-state index contributed by atoms with van der Waals surface area (Å²) in [7, 11) is 0. The van der Waals surface area contributed by atoms with Gasteiger partial charge in [-0.05, 0) is 30.2 Å². The molecular formula is C21H19N3. The maximum Gasteiger partial charge on any atom is 0.107 e. The van der Waals surface area contributed by atoms with E-state index >= 15 is 0 Å². The summed E-state index contributed by atoms with van der Waals surface area (Å²) in [5, 5.41) is 0. The van der Waals surface area contributed by atoms with Gasteiger partial charge in [0.25, 0.3) is 0 Å². The highest BCUT2D eigenvalue weighted by atomic mass is 15.1. The summed E-state index contributed by atoms with van der Waals surface area (Å²) in [5.41, 5.74) is 12.5. The molecule has 0 spiro atoms. The Bertz CT molecular complexity index is 986. The molecule has 0 aliphatic heterocycles. The smallest absolute Gasteiger partial charge is 0.107 e. The van der Waals surface area contributed by atoms with Crippen LogP contribution in [0.2, 0.25) is 0 Å². The lowest BCUT2D eigenvalue weighted by molar-refractivity contribution is 0.786. The second-order valence-electron chi connectivity index (χ2n) is 6.03. The Morgan fingerprint density at radius 2 is 1.58 bits per heavy atom. The van der Waals surface area contributed by atoms with E-state index in [0.717, 1.165) is 40.2 Å². The minimum Gasteiger partial charge on any atom is -0.399 e. The first-order valence-electron chi connectivity index (χ1n) is 8.08. The molecule has 3 heteroatoms. The van der Waals surface area contributed by atoms with E-state index in [0.29, 0.717) is 0 Å². The summed E-state index contributed by atoms with van der Waals surface area (Å²) in [4.78, 5) is 4.83. The molecule has 0 amide bonds. The highest BCUT2D eigenvalue weighted by Gasteiger charge is 2.13. The molecule has 0 bridgehead atoms. The quantitative estimate of drug-likeness (QED) is 0.560. The Hall–Kier alpha value is -3.07. The van der Waals surface area contributed by atoms with Crippen LogP contribution in [0.1, 0.15) is 11.4 Å². The highest BCUT2D eigenvalue weighted by Crippen LogP contribution is 2.31. The van der Waals surface area contributed by atoms with Crippen molar-refractivity contribution in [2.24, 2.45) is 0 Å². The van der Waals surface area contributed by atoms with E-state index in [2.05, 4.69) is 41.0 Å². The summed E-state index contributed by atoms with van der Waals surface area (Å²) in [6.45, 7) is 2.84. The lowest BCUT2D eigenvalue weighted by Gasteiger charge is -2.09. The van der Waals surface area contributed by atoms with Crippen LogP contribution in [-0.4, -0.2) is 9.55 Å². The monoisotopic (exact) mass is 313 g/mol. The van der Waals surface area contributed by atoms with Gasteiger partial charge in [-0.3, -0.25) is 0 Å². The number of benzene rings is 3. The van der Waals surface area contributed by atoms with Gasteiger partial charge in [-0.15, -0.1) is 0 Å². The average molecular weight is 313 g/mol. The third kappa shape index (κ3) is 2.54. The number of aryl methyl sites for hydroxylation is 1. The standard InChI is InChI=1S/C21H19N3/c1-15-23-21-19(17-10-6-3-7-11-17)12-18(22)13-20(21)24(15)14-16-8-4-2-5-9-16/h2-13H,14,22H2,1H3. The largest absolute Gasteiger partial charge is 0.399 e. The molecule has 3 aromatic carbocycles. The fraction of sp³-hybridized carbons (Fsp3) is 0.0952. The molecule has 0 saturated carbocycles. The van der Waals surface area contributed by atoms with Crippen LogP contribution in [0.3, 0.4) is 0 Å². The predicted octanol–water partition coefficient (Wildman–Crippen LogP) is 4.64. The molecule has 24 heavy (non-hydrogen) atoms. The summed E-state index contributed by atoms with van der Waals surface area (Å²) >= 11 is 0. The summed E-state index contributed by atoms with van der Waals surface area (Å²) < 4.78 is 2.23. The van der Waals surface area contributed by atoms with Gasteiger partial charge in [0.05, 0.1) is 11.0 Å². The molecule has 0 fully saturated rings. The Morgan fingerprint density at radius 1 is 0.917 bits per heavy atom. The van der Waals surface area contributed by atoms with Crippen LogP contribution in [0.4, 0.5) is 5.69 Å². The molecule has 1 heterocycles. The van der Waals surface area contributed by atoms with Crippen molar-refractivity contribution in [3.05, 3.63) is 84.2 Å². The normalized spacial score (nSPS) is 11.0. The Labute approximate surface area is 141 Å². The maximum atomic E-state index is 6.19. The molecule has 1 aromatic heterocycles. The van der Waals surface area contributed by atoms with E-state index in [1.54, 1.807) is 0 Å². The van der Waals surface area contributed by atoms with Gasteiger partial charge in [0.1, 0.15) is 5.82 Å². The minimum absolute atomic E-state index is 0.760. The molecule has 0 saturated heterocycles. The second kappa shape index (κ2) is 5.85. The Kier molecular flexibility index (Phi) is 3.54. The van der Waals surface area contributed by atoms with Crippen LogP contribution in [0.25, 0.3) is 22.2 Å². The van der Waals surface area contributed by atoms with Crippen LogP contribution < -0.4 is 5.73 Å². The van der Waals surface area contributed by atoms with Crippen LogP contribution in [0.5, 0.6) is 0 Å². The van der Waals surface area contributed by atoms with E-state index in [1.165, 1.54) is 5.56 Å². The Morgan fingerprint density at radius 3 is 2.29 bits per heavy atom. The highest BCUT2D eigenvalue weighted by molar-refractivity contribution is 5.95. The van der Waals surface area contributed by atoms with Gasteiger partial charge in [0.2, 0.25) is 0 Å². The first-order valence-corrected chi connectivity index (χ1v) is 8.08. The number of nitrogen functional groups attached to an aromatic ring is 1. The van der Waals surface area contributed by atoms with Gasteiger partial charge in [0, 0.05) is 17.8 Å². The van der Waals surface area contributed by atoms with E-state index in [1.807, 2.05) is 43.3 Å². The van der Waals surface area contributed by atoms with E-state index in [4.69, 9.17) is 10.7 Å². The molecular weight excluding hydrogens is 294 g/mol. The summed E-state index contributed by atoms with van der Waals surface area (Å²) in [6.07, 6.45) is 0. The van der Waals surface area contributed by atoms with Gasteiger partial charge in [0.15, 0.2) is 0 Å². The van der Waals surface area contributed by atoms with Gasteiger partial charge >= 0.3 is 0 Å². The molecule has 0 aliphatic carbocycles. The number of nitrogens with zero attached hydrogens (tertiary/aromatic N) is 2. The van der Waals surface area contributed by atoms with Crippen molar-refractivity contribution in [3.8, 4) is 11.1 Å². The van der Waals surface area contributed by atoms with Crippen molar-refractivity contribution in [2.75, 3.05) is 5.73 Å². The number of nitrogens with two attached hydrogens (primary N) is 1. The van der Waals surface area contributed by atoms with Gasteiger partial charge in [-0.2, -0.15) is 0 Å². The first kappa shape index (κ1) is 14.5. The summed E-state index contributed by atoms with van der Waals surface area (Å²) in [5.74, 6) is 0.997. The van der Waals surface area contributed by atoms with Gasteiger partial charge in [-0.1, -0.05) is 60.7 Å². The molecule has 4 aromatic rings. The minimum atomic E-state index is 0.760. The lowest BCUT2D eigenvalue weighted by Crippen LogP contribution is -2.02. The van der Waals surface area contributed by atoms with Crippen LogP contribution in [0.15, 0.2) is 72.8 Å². The Balaban J connectivity index is 1.91. The second-order valence-corrected chi connectivity index (χ2v) is 6.03. The average Bonchev–Trinajstić information content (AvgIpc) is 2.92. The third-order valence-corrected chi connectivity index (χ3v) is 4.34. The summed E-state index contributed by atoms with van der Waals surface area (Å²) in [6, 6.07) is 24.8. The van der Waals surface area contributed by atoms with Crippen molar-refractivity contribution in [1.29, 1.82) is 0 Å². The van der Waals surface area contributed by atoms with E-state index in [9.17, 15) is 0 Å². The zero-order valence-corrected chi connectivity index (χ0v) is 13.6. The van der Waals surface area contributed by atoms with E-state index in [-0.39, 0.29) is 0 Å². The number of rotatable bonds is 3. The molecule has 0 radical (unpaired) electrons. The van der Waals surface area contributed by atoms with Crippen molar-refractivity contribution >= 4 is 16.7 Å². The number of aromatic nitrogens is 2. The number of fused-ring (bicyclic) bond motifs is 1. The van der Waals surface area contributed by atoms with Gasteiger partial charge < -0.3 is 10.3 Å². The van der Waals surface area contributed by atoms with Crippen molar-refractivity contribution in [1.82, 2.24) is 9.55 Å². The third-order valence-electron chi connectivity index (χ3n) is 4.34. The number of hydrogen-bond acceptors (Lipinski definition) is 2. The zero-order chi connectivity index (χ0) is 16.5. The molecule has 0 atom stereocenters. The van der Waals surface area contributed by atoms with E-state index < -0.39 is 0 Å². The molecule has 0 aliphatic rings. The molecule has 118 valence electrons. The lowest BCUT2D eigenvalue weighted by atomic mass is 10.0. The SMILES string of the molecule is Cc1nc2c(-c3ccccc3)cc(N)cc2n1Cc1ccccc1. The topological polar surface area (TPSA) is 43.8 Å². The van der Waals surface area contributed by atoms with Crippen LogP contribution in [0, 0.1) is 6.92 Å². The van der Waals surface area contributed by atoms with Crippen LogP contribution in [-0.2, 0) is 6.54 Å². The molecule has 4 rings (SSSR count). The van der Waals surface area contributed by atoms with Crippen molar-refractivity contribution in [3.63, 3.8) is 0 Å². The number of hydrogen-bond donors (Lipinski definition) is 1. The fourth-order valence-corrected chi connectivity index (χ4v) is 3.16. The maximum absolute atomic E-state index is 6.19. The zero-order valence-electron chi connectivity index (χ0n) is 13.6. The van der Waals surface area contributed by atoms with Crippen LogP contribution >= 0.6 is 0 Å². The van der Waals surface area contributed by atoms with Crippen molar-refractivity contribution < 1.29 is 0 Å². The fourth-order valence-electron chi connectivity index (χ4n) is 3.16. The predicted molar refractivity (Wildman–Crippen MR) is 99.9 cm³/mol.